The molecule has 0 aromatic rings. The third-order valence-corrected chi connectivity index (χ3v) is 3.33. The van der Waals surface area contributed by atoms with Crippen LogP contribution in [0.4, 0.5) is 0 Å². The molecule has 1 aliphatic rings. The molecule has 0 saturated carbocycles. The second-order valence-electron chi connectivity index (χ2n) is 5.26. The Labute approximate surface area is 102 Å². The van der Waals surface area contributed by atoms with Crippen LogP contribution >= 0.6 is 0 Å². The zero-order valence-electron chi connectivity index (χ0n) is 10.8. The standard InChI is InChI=1S/C12H22N2O3/c1-4-13-9(15)8-14-7-5-6-12(2,3)10(14)11(16)17/h10H,4-8H2,1-3H3,(H,13,15)(H,16,17). The van der Waals surface area contributed by atoms with Gasteiger partial charge in [-0.25, -0.2) is 0 Å². The smallest absolute Gasteiger partial charge is 0.321 e. The number of likely N-dealkylation sites (N-methyl/N-ethyl adjacent to an activating group) is 1. The van der Waals surface area contributed by atoms with Crippen LogP contribution in [-0.2, 0) is 9.59 Å². The number of hydrogen-bond acceptors (Lipinski definition) is 3. The quantitative estimate of drug-likeness (QED) is 0.761. The number of carboxylic acids is 1. The Morgan fingerprint density at radius 1 is 1.47 bits per heavy atom. The van der Waals surface area contributed by atoms with Gasteiger partial charge in [0.25, 0.3) is 0 Å². The molecule has 17 heavy (non-hydrogen) atoms. The molecule has 1 atom stereocenters. The van der Waals surface area contributed by atoms with Crippen molar-refractivity contribution < 1.29 is 14.7 Å². The lowest BCUT2D eigenvalue weighted by Gasteiger charge is -2.43. The first-order valence-electron chi connectivity index (χ1n) is 6.12. The Morgan fingerprint density at radius 2 is 2.12 bits per heavy atom. The first-order chi connectivity index (χ1) is 7.88. The van der Waals surface area contributed by atoms with E-state index < -0.39 is 12.0 Å². The maximum absolute atomic E-state index is 11.5. The van der Waals surface area contributed by atoms with Crippen LogP contribution in [-0.4, -0.2) is 47.6 Å². The molecule has 0 bridgehead atoms. The topological polar surface area (TPSA) is 69.6 Å². The first-order valence-corrected chi connectivity index (χ1v) is 6.12. The van der Waals surface area contributed by atoms with Crippen LogP contribution in [0.25, 0.3) is 0 Å². The minimum atomic E-state index is -0.834. The lowest BCUT2D eigenvalue weighted by Crippen LogP contribution is -2.56. The van der Waals surface area contributed by atoms with Crippen molar-refractivity contribution in [3.8, 4) is 0 Å². The van der Waals surface area contributed by atoms with Gasteiger partial charge in [0.1, 0.15) is 6.04 Å². The number of carbonyl (C=O) groups excluding carboxylic acids is 1. The SMILES string of the molecule is CCNC(=O)CN1CCCC(C)(C)C1C(=O)O. The summed E-state index contributed by atoms with van der Waals surface area (Å²) in [6, 6.07) is -0.571. The number of rotatable bonds is 4. The Balaban J connectivity index is 2.74. The van der Waals surface area contributed by atoms with E-state index in [4.69, 9.17) is 0 Å². The molecule has 0 aromatic carbocycles. The molecule has 0 spiro atoms. The minimum Gasteiger partial charge on any atom is -0.480 e. The zero-order chi connectivity index (χ0) is 13.1. The summed E-state index contributed by atoms with van der Waals surface area (Å²) in [5, 5.41) is 12.0. The third-order valence-electron chi connectivity index (χ3n) is 3.33. The predicted molar refractivity (Wildman–Crippen MR) is 64.7 cm³/mol. The first kappa shape index (κ1) is 14.0. The van der Waals surface area contributed by atoms with E-state index in [-0.39, 0.29) is 17.9 Å². The van der Waals surface area contributed by atoms with Crippen LogP contribution in [0, 0.1) is 5.41 Å². The van der Waals surface area contributed by atoms with Crippen LogP contribution in [0.3, 0.4) is 0 Å². The van der Waals surface area contributed by atoms with E-state index in [2.05, 4.69) is 5.32 Å². The van der Waals surface area contributed by atoms with Gasteiger partial charge in [-0.2, -0.15) is 0 Å². The van der Waals surface area contributed by atoms with Gasteiger partial charge in [-0.05, 0) is 31.7 Å². The van der Waals surface area contributed by atoms with Crippen molar-refractivity contribution >= 4 is 11.9 Å². The molecular formula is C12H22N2O3. The van der Waals surface area contributed by atoms with Crippen molar-refractivity contribution in [2.75, 3.05) is 19.6 Å². The zero-order valence-corrected chi connectivity index (χ0v) is 10.8. The fraction of sp³-hybridized carbons (Fsp3) is 0.833. The molecule has 5 nitrogen and oxygen atoms in total. The highest BCUT2D eigenvalue weighted by Crippen LogP contribution is 2.34. The fourth-order valence-corrected chi connectivity index (χ4v) is 2.60. The summed E-state index contributed by atoms with van der Waals surface area (Å²) in [5.41, 5.74) is -0.281. The van der Waals surface area contributed by atoms with Crippen molar-refractivity contribution in [3.05, 3.63) is 0 Å². The minimum absolute atomic E-state index is 0.101. The van der Waals surface area contributed by atoms with Gasteiger partial charge in [0.15, 0.2) is 0 Å². The molecule has 1 saturated heterocycles. The summed E-state index contributed by atoms with van der Waals surface area (Å²) in [5.74, 6) is -0.935. The van der Waals surface area contributed by atoms with E-state index >= 15 is 0 Å². The largest absolute Gasteiger partial charge is 0.480 e. The molecule has 1 fully saturated rings. The number of nitrogens with one attached hydrogen (secondary N) is 1. The molecule has 0 radical (unpaired) electrons. The molecule has 98 valence electrons. The molecule has 5 heteroatoms. The highest BCUT2D eigenvalue weighted by atomic mass is 16.4. The van der Waals surface area contributed by atoms with E-state index in [1.165, 1.54) is 0 Å². The molecule has 2 N–H and O–H groups in total. The Morgan fingerprint density at radius 3 is 2.65 bits per heavy atom. The lowest BCUT2D eigenvalue weighted by atomic mass is 9.76. The van der Waals surface area contributed by atoms with Crippen LogP contribution in [0.15, 0.2) is 0 Å². The predicted octanol–water partition coefficient (Wildman–Crippen LogP) is 0.698. The Hall–Kier alpha value is -1.10. The monoisotopic (exact) mass is 242 g/mol. The second-order valence-corrected chi connectivity index (χ2v) is 5.26. The highest BCUT2D eigenvalue weighted by Gasteiger charge is 2.42. The van der Waals surface area contributed by atoms with Crippen LogP contribution in [0.1, 0.15) is 33.6 Å². The van der Waals surface area contributed by atoms with E-state index in [0.717, 1.165) is 12.8 Å². The molecule has 0 aromatic heterocycles. The number of hydrogen-bond donors (Lipinski definition) is 2. The van der Waals surface area contributed by atoms with E-state index in [0.29, 0.717) is 13.1 Å². The number of nitrogens with zero attached hydrogens (tertiary/aromatic N) is 1. The van der Waals surface area contributed by atoms with Gasteiger partial charge in [0.2, 0.25) is 5.91 Å². The van der Waals surface area contributed by atoms with Crippen molar-refractivity contribution in [2.24, 2.45) is 5.41 Å². The average molecular weight is 242 g/mol. The number of amides is 1. The maximum Gasteiger partial charge on any atom is 0.321 e. The van der Waals surface area contributed by atoms with Crippen molar-refractivity contribution in [1.82, 2.24) is 10.2 Å². The summed E-state index contributed by atoms with van der Waals surface area (Å²) in [6.45, 7) is 7.19. The van der Waals surface area contributed by atoms with Crippen LogP contribution < -0.4 is 5.32 Å². The molecule has 0 aliphatic carbocycles. The molecule has 1 amide bonds. The molecular weight excluding hydrogens is 220 g/mol. The van der Waals surface area contributed by atoms with Crippen LogP contribution in [0.5, 0.6) is 0 Å². The highest BCUT2D eigenvalue weighted by molar-refractivity contribution is 5.80. The summed E-state index contributed by atoms with van der Waals surface area (Å²) in [4.78, 5) is 24.7. The number of aliphatic carboxylic acids is 1. The van der Waals surface area contributed by atoms with Crippen molar-refractivity contribution in [1.29, 1.82) is 0 Å². The molecule has 1 rings (SSSR count). The van der Waals surface area contributed by atoms with Gasteiger partial charge >= 0.3 is 5.97 Å². The van der Waals surface area contributed by atoms with Crippen molar-refractivity contribution in [3.63, 3.8) is 0 Å². The van der Waals surface area contributed by atoms with E-state index in [1.807, 2.05) is 20.8 Å². The Bertz CT molecular complexity index is 302. The Kier molecular flexibility index (Phi) is 4.51. The summed E-state index contributed by atoms with van der Waals surface area (Å²) in [7, 11) is 0. The van der Waals surface area contributed by atoms with E-state index in [9.17, 15) is 14.7 Å². The van der Waals surface area contributed by atoms with Gasteiger partial charge in [-0.1, -0.05) is 13.8 Å². The molecule has 1 heterocycles. The number of likely N-dealkylation sites (tertiary alicyclic amines) is 1. The van der Waals surface area contributed by atoms with Gasteiger partial charge in [-0.15, -0.1) is 0 Å². The van der Waals surface area contributed by atoms with E-state index in [1.54, 1.807) is 4.90 Å². The number of carbonyl (C=O) groups is 2. The number of piperidine rings is 1. The molecule has 1 aliphatic heterocycles. The normalized spacial score (nSPS) is 24.3. The number of carboxylic acid groups (broad SMARTS) is 1. The summed E-state index contributed by atoms with van der Waals surface area (Å²) >= 11 is 0. The van der Waals surface area contributed by atoms with Gasteiger partial charge < -0.3 is 10.4 Å². The summed E-state index contributed by atoms with van der Waals surface area (Å²) < 4.78 is 0. The average Bonchev–Trinajstić information content (AvgIpc) is 2.15. The second kappa shape index (κ2) is 5.49. The van der Waals surface area contributed by atoms with Gasteiger partial charge in [0.05, 0.1) is 6.54 Å². The summed E-state index contributed by atoms with van der Waals surface area (Å²) in [6.07, 6.45) is 1.83. The molecule has 1 unspecified atom stereocenters. The van der Waals surface area contributed by atoms with Gasteiger partial charge in [0, 0.05) is 6.54 Å². The third kappa shape index (κ3) is 3.43. The van der Waals surface area contributed by atoms with Crippen molar-refractivity contribution in [2.45, 2.75) is 39.7 Å². The lowest BCUT2D eigenvalue weighted by molar-refractivity contribution is -0.151. The maximum atomic E-state index is 11.5. The van der Waals surface area contributed by atoms with Gasteiger partial charge in [-0.3, -0.25) is 14.5 Å². The van der Waals surface area contributed by atoms with Crippen LogP contribution in [0.2, 0.25) is 0 Å². The fourth-order valence-electron chi connectivity index (χ4n) is 2.60.